The van der Waals surface area contributed by atoms with E-state index >= 15 is 0 Å². The van der Waals surface area contributed by atoms with E-state index in [1.807, 2.05) is 18.2 Å². The summed E-state index contributed by atoms with van der Waals surface area (Å²) in [5.74, 6) is -11.7. The number of nitrogens with one attached hydrogen (secondary N) is 13. The van der Waals surface area contributed by atoms with Crippen molar-refractivity contribution < 1.29 is 95.9 Å². The molecule has 43 heteroatoms. The Labute approximate surface area is 719 Å². The van der Waals surface area contributed by atoms with Gasteiger partial charge in [0.05, 0.1) is 50.6 Å². The monoisotopic (exact) mass is 1760 g/mol. The van der Waals surface area contributed by atoms with Crippen molar-refractivity contribution in [3.63, 3.8) is 0 Å². The number of aromatic nitrogens is 1. The summed E-state index contributed by atoms with van der Waals surface area (Å²) in [5.41, 5.74) is 43.4. The van der Waals surface area contributed by atoms with Gasteiger partial charge < -0.3 is 132 Å². The van der Waals surface area contributed by atoms with E-state index in [-0.39, 0.29) is 152 Å². The number of unbranched alkanes of at least 4 members (excludes halogenated alkanes) is 3. The van der Waals surface area contributed by atoms with Gasteiger partial charge in [-0.15, -0.1) is 11.8 Å². The molecule has 4 aromatic rings. The average Bonchev–Trinajstić information content (AvgIpc) is 1.64. The lowest BCUT2D eigenvalue weighted by atomic mass is 9.66. The highest BCUT2D eigenvalue weighted by molar-refractivity contribution is 8.00. The number of cyclic esters (lactones) is 1. The number of methoxy groups -OCH3 is 2. The number of ether oxygens (including phenoxy) is 6. The number of fused-ring (bicyclic) bond motifs is 4. The number of aromatic amines is 1. The molecule has 0 spiro atoms. The number of esters is 2. The van der Waals surface area contributed by atoms with Crippen LogP contribution in [0.15, 0.2) is 54.7 Å². The number of rotatable bonds is 53. The summed E-state index contributed by atoms with van der Waals surface area (Å²) in [6, 6.07) is 3.34. The van der Waals surface area contributed by atoms with Crippen LogP contribution >= 0.6 is 23.5 Å². The first-order valence-electron chi connectivity index (χ1n) is 41.0. The molecule has 3 aliphatic heterocycles. The number of nitrogens with two attached hydrogens (primary N) is 7. The van der Waals surface area contributed by atoms with Crippen LogP contribution in [-0.4, -0.2) is 249 Å². The van der Waals surface area contributed by atoms with Crippen molar-refractivity contribution in [3.05, 3.63) is 77.0 Å². The average molecular weight is 1760 g/mol. The van der Waals surface area contributed by atoms with Gasteiger partial charge in [-0.3, -0.25) is 78.0 Å². The lowest BCUT2D eigenvalue weighted by Gasteiger charge is -2.37. The Hall–Kier alpha value is -11.3. The molecule has 13 atom stereocenters. The largest absolute Gasteiger partial charge is 0.493 e. The van der Waals surface area contributed by atoms with Gasteiger partial charge in [-0.1, -0.05) is 18.2 Å². The molecule has 28 N–H and O–H groups in total. The summed E-state index contributed by atoms with van der Waals surface area (Å²) in [6.45, 7) is 0.237. The second-order valence-corrected chi connectivity index (χ2v) is 32.4. The third kappa shape index (κ3) is 27.9. The molecule has 1 aromatic heterocycles. The minimum Gasteiger partial charge on any atom is -0.493 e. The number of thioether (sulfide) groups is 2. The van der Waals surface area contributed by atoms with E-state index in [4.69, 9.17) is 79.4 Å². The summed E-state index contributed by atoms with van der Waals surface area (Å²) in [4.78, 5) is 185. The molecule has 1 unspecified atom stereocenters. The van der Waals surface area contributed by atoms with Gasteiger partial charge in [0.2, 0.25) is 77.5 Å². The molecule has 123 heavy (non-hydrogen) atoms. The number of amides is 11. The first-order chi connectivity index (χ1) is 59.0. The van der Waals surface area contributed by atoms with Crippen LogP contribution in [-0.2, 0) is 73.5 Å². The minimum atomic E-state index is -1.43. The predicted octanol–water partition coefficient (Wildman–Crippen LogP) is -2.34. The molecule has 2 fully saturated rings. The van der Waals surface area contributed by atoms with Crippen molar-refractivity contribution in [2.45, 2.75) is 181 Å². The maximum Gasteiger partial charge on any atom is 0.313 e. The van der Waals surface area contributed by atoms with Crippen LogP contribution in [0.4, 0.5) is 0 Å². The number of nitrogens with zero attached hydrogens (tertiary/aromatic N) is 1. The Balaban J connectivity index is 0.877. The number of hydrogen-bond acceptors (Lipinski definition) is 28. The van der Waals surface area contributed by atoms with Gasteiger partial charge in [-0.25, -0.2) is 0 Å². The molecular formula is C80H117N21O20S2. The highest BCUT2D eigenvalue weighted by Gasteiger charge is 2.53. The SMILES string of the molecule is COc1cc([C@@H]2c3cc4c(cc3[C@@H](O)[C@H]3COC(=O)[C@H]23)OCO4)cc(OC)c1OC(=O)CCN1C(=O)CC(SC[C@H](N)C(=O)NCCC(=O)N[C@@H](CCCNC(=N)N)C(=O)N[C@@H](CCCNC(=N)N)C(=O)N[C@@H](CCSC)C(=O)N[C@@H](CCCCN)C(=O)N[C@@H](Cc2c[nH]c3ccccc23)C(=O)N[C@@H](CCCCN)C(=O)N[C@@H](CCCCN)C(N)=O)C1=O. The van der Waals surface area contributed by atoms with Crippen molar-refractivity contribution in [2.75, 3.05) is 91.2 Å². The van der Waals surface area contributed by atoms with E-state index in [1.54, 1.807) is 42.8 Å². The van der Waals surface area contributed by atoms with Crippen LogP contribution in [0.2, 0.25) is 0 Å². The van der Waals surface area contributed by atoms with E-state index in [9.17, 15) is 67.4 Å². The predicted molar refractivity (Wildman–Crippen MR) is 455 cm³/mol. The van der Waals surface area contributed by atoms with Gasteiger partial charge in [-0.05, 0) is 174 Å². The Kier molecular flexibility index (Phi) is 38.4. The van der Waals surface area contributed by atoms with Gasteiger partial charge >= 0.3 is 11.9 Å². The van der Waals surface area contributed by atoms with Crippen molar-refractivity contribution >= 4 is 123 Å². The van der Waals surface area contributed by atoms with Gasteiger partial charge in [0.15, 0.2) is 34.9 Å². The fraction of sp³-hybridized carbons (Fsp3) is 0.562. The molecule has 4 aliphatic rings. The zero-order valence-corrected chi connectivity index (χ0v) is 70.8. The number of benzene rings is 3. The molecule has 1 aliphatic carbocycles. The molecule has 11 amide bonds. The summed E-state index contributed by atoms with van der Waals surface area (Å²) < 4.78 is 33.9. The van der Waals surface area contributed by atoms with E-state index in [2.05, 4.69) is 58.2 Å². The molecule has 0 saturated carbocycles. The van der Waals surface area contributed by atoms with Crippen LogP contribution in [0.25, 0.3) is 10.9 Å². The highest BCUT2D eigenvalue weighted by Crippen LogP contribution is 2.56. The number of aliphatic hydroxyl groups excluding tert-OH is 1. The maximum atomic E-state index is 14.9. The summed E-state index contributed by atoms with van der Waals surface area (Å²) in [5, 5.41) is 53.6. The van der Waals surface area contributed by atoms with E-state index in [1.165, 1.54) is 26.0 Å². The first-order valence-corrected chi connectivity index (χ1v) is 43.4. The van der Waals surface area contributed by atoms with Gasteiger partial charge in [-0.2, -0.15) is 11.8 Å². The molecule has 8 rings (SSSR count). The van der Waals surface area contributed by atoms with Crippen molar-refractivity contribution in [1.29, 1.82) is 10.8 Å². The fourth-order valence-corrected chi connectivity index (χ4v) is 16.5. The molecule has 0 bridgehead atoms. The number of H-pyrrole nitrogens is 1. The number of aliphatic hydroxyl groups is 1. The molecule has 0 radical (unpaired) electrons. The number of carbonyl (C=O) groups excluding carboxylic acids is 13. The third-order valence-corrected chi connectivity index (χ3v) is 23.4. The first kappa shape index (κ1) is 97.2. The smallest absolute Gasteiger partial charge is 0.313 e. The van der Waals surface area contributed by atoms with Crippen molar-refractivity contribution in [3.8, 4) is 28.7 Å². The maximum absolute atomic E-state index is 14.9. The minimum absolute atomic E-state index is 0.00105. The van der Waals surface area contributed by atoms with Gasteiger partial charge in [0, 0.05) is 80.1 Å². The number of hydrogen-bond donors (Lipinski definition) is 21. The number of likely N-dealkylation sites (tertiary alicyclic amines) is 1. The lowest BCUT2D eigenvalue weighted by molar-refractivity contribution is -0.142. The van der Waals surface area contributed by atoms with Crippen molar-refractivity contribution in [2.24, 2.45) is 52.0 Å². The third-order valence-electron chi connectivity index (χ3n) is 21.4. The van der Waals surface area contributed by atoms with Crippen LogP contribution in [0.5, 0.6) is 28.7 Å². The van der Waals surface area contributed by atoms with Gasteiger partial charge in [0.25, 0.3) is 0 Å². The quantitative estimate of drug-likeness (QED) is 0.00550. The van der Waals surface area contributed by atoms with Crippen molar-refractivity contribution in [1.82, 2.24) is 63.1 Å². The summed E-state index contributed by atoms with van der Waals surface area (Å²) >= 11 is 2.27. The molecular weight excluding hydrogens is 1640 g/mol. The van der Waals surface area contributed by atoms with E-state index in [0.717, 1.165) is 27.6 Å². The lowest BCUT2D eigenvalue weighted by Crippen LogP contribution is -2.60. The molecule has 674 valence electrons. The Bertz CT molecular complexity index is 4380. The molecule has 4 heterocycles. The Morgan fingerprint density at radius 3 is 1.65 bits per heavy atom. The number of primary amides is 1. The second kappa shape index (κ2) is 48.6. The van der Waals surface area contributed by atoms with Crippen LogP contribution in [0.1, 0.15) is 143 Å². The van der Waals surface area contributed by atoms with Crippen LogP contribution < -0.4 is 117 Å². The van der Waals surface area contributed by atoms with E-state index in [0.29, 0.717) is 84.6 Å². The summed E-state index contributed by atoms with van der Waals surface area (Å²) in [7, 11) is 2.67. The van der Waals surface area contributed by atoms with Crippen LogP contribution in [0.3, 0.4) is 0 Å². The number of imide groups is 1. The standard InChI is InChI=1S/C80H117N21O20S2/c1-116-59-33-42(65-45-35-57-58(120-41-119-57)36-46(45)67(105)47-39-118-78(115)66(47)65)34-60(117-2)68(59)121-64(104)22-30-101-63(103)37-61(77(101)114)123-40-48(84)70(107)90-29-21-62(102)94-51(19-12-27-91-79(86)87)71(108)97-54(20-13-28-92-80(88)89)73(110)99-55(23-31-122-3)75(112)96-53(18-8-11-26-83)74(111)100-56(32-43-38-93-49-15-5-4-14-44(43)49)76(113)98-52(17-7-10-25-82)72(109)95-50(69(85)106)16-6-9-24-81/h4-5,14-15,33-36,38,47-48,50-56,61,65-67,93,105H,6-13,16-32,37,39-41,81-84H2,1-3H3,(H2,85,106)(H,90,107)(H,94,102)(H,95,109)(H,96,112)(H,97,108)(H,98,113)(H,99,110)(H,100,111)(H4,86,87,91)(H4,88,89,92)/t47-,48-,50-,51-,52-,53-,54-,55-,56-,61?,65+,66-,67+/m0/s1. The number of guanidine groups is 2. The summed E-state index contributed by atoms with van der Waals surface area (Å²) in [6.07, 6.45) is 4.10. The van der Waals surface area contributed by atoms with E-state index < -0.39 is 167 Å². The zero-order chi connectivity index (χ0) is 89.4. The molecule has 2 saturated heterocycles. The number of carbonyl (C=O) groups is 13. The zero-order valence-electron chi connectivity index (χ0n) is 69.2. The van der Waals surface area contributed by atoms with Gasteiger partial charge in [0.1, 0.15) is 42.3 Å². The second-order valence-electron chi connectivity index (χ2n) is 30.2. The highest BCUT2D eigenvalue weighted by atomic mass is 32.2. The van der Waals surface area contributed by atoms with Crippen LogP contribution in [0, 0.1) is 22.7 Å². The normalized spacial score (nSPS) is 18.1. The molecule has 3 aromatic carbocycles. The number of para-hydroxylation sites is 1. The fourth-order valence-electron chi connectivity index (χ4n) is 14.9. The topological polar surface area (TPSA) is 667 Å². The molecule has 41 nitrogen and oxygen atoms in total. The Morgan fingerprint density at radius 2 is 1.11 bits per heavy atom. The Morgan fingerprint density at radius 1 is 0.610 bits per heavy atom.